The smallest absolute Gasteiger partial charge is 0.251 e. The number of carbonyl (C=O) groups excluding carboxylic acids is 1. The molecule has 1 N–H and O–H groups in total. The summed E-state index contributed by atoms with van der Waals surface area (Å²) >= 11 is 0. The van der Waals surface area contributed by atoms with E-state index < -0.39 is 0 Å². The number of fused-ring (bicyclic) bond motifs is 1. The van der Waals surface area contributed by atoms with E-state index in [9.17, 15) is 4.79 Å². The van der Waals surface area contributed by atoms with Gasteiger partial charge in [-0.1, -0.05) is 6.07 Å². The molecule has 0 aliphatic rings. The van der Waals surface area contributed by atoms with Gasteiger partial charge in [-0.25, -0.2) is 4.98 Å². The third-order valence-electron chi connectivity index (χ3n) is 2.83. The van der Waals surface area contributed by atoms with Crippen LogP contribution in [0.5, 0.6) is 0 Å². The van der Waals surface area contributed by atoms with Crippen molar-refractivity contribution in [2.24, 2.45) is 0 Å². The van der Waals surface area contributed by atoms with E-state index in [1.807, 2.05) is 28.8 Å². The van der Waals surface area contributed by atoms with Crippen LogP contribution in [0.1, 0.15) is 16.1 Å². The van der Waals surface area contributed by atoms with E-state index in [1.165, 1.54) is 0 Å². The molecule has 0 bridgehead atoms. The lowest BCUT2D eigenvalue weighted by Gasteiger charge is -2.05. The minimum absolute atomic E-state index is 0.116. The molecule has 19 heavy (non-hydrogen) atoms. The van der Waals surface area contributed by atoms with Crippen molar-refractivity contribution in [1.82, 2.24) is 19.7 Å². The molecule has 5 heteroatoms. The van der Waals surface area contributed by atoms with Crippen molar-refractivity contribution in [3.8, 4) is 0 Å². The van der Waals surface area contributed by atoms with Crippen molar-refractivity contribution < 1.29 is 4.79 Å². The second-order valence-corrected chi connectivity index (χ2v) is 4.14. The highest BCUT2D eigenvalue weighted by Crippen LogP contribution is 2.06. The molecule has 0 saturated heterocycles. The molecule has 3 aromatic heterocycles. The molecule has 0 radical (unpaired) electrons. The number of amides is 1. The first-order valence-corrected chi connectivity index (χ1v) is 5.93. The monoisotopic (exact) mass is 252 g/mol. The minimum Gasteiger partial charge on any atom is -0.346 e. The van der Waals surface area contributed by atoms with Gasteiger partial charge in [-0.2, -0.15) is 0 Å². The van der Waals surface area contributed by atoms with Crippen LogP contribution in [0, 0.1) is 0 Å². The number of rotatable bonds is 3. The molecular weight excluding hydrogens is 240 g/mol. The number of nitrogens with one attached hydrogen (secondary N) is 1. The molecule has 0 spiro atoms. The summed E-state index contributed by atoms with van der Waals surface area (Å²) < 4.78 is 1.86. The first kappa shape index (κ1) is 11.4. The SMILES string of the molecule is O=C(NCc1ccccn1)c1ccn2cncc2c1. The number of hydrogen-bond donors (Lipinski definition) is 1. The Bertz CT molecular complexity index is 706. The van der Waals surface area contributed by atoms with Gasteiger partial charge in [0.15, 0.2) is 0 Å². The van der Waals surface area contributed by atoms with Gasteiger partial charge in [0, 0.05) is 18.0 Å². The number of imidazole rings is 1. The Labute approximate surface area is 109 Å². The van der Waals surface area contributed by atoms with E-state index >= 15 is 0 Å². The minimum atomic E-state index is -0.116. The number of carbonyl (C=O) groups is 1. The molecule has 3 rings (SSSR count). The molecule has 5 nitrogen and oxygen atoms in total. The van der Waals surface area contributed by atoms with E-state index in [0.29, 0.717) is 12.1 Å². The average Bonchev–Trinajstić information content (AvgIpc) is 2.93. The van der Waals surface area contributed by atoms with Gasteiger partial charge in [0.05, 0.1) is 30.3 Å². The lowest BCUT2D eigenvalue weighted by atomic mass is 10.2. The van der Waals surface area contributed by atoms with Gasteiger partial charge >= 0.3 is 0 Å². The average molecular weight is 252 g/mol. The molecule has 94 valence electrons. The highest BCUT2D eigenvalue weighted by Gasteiger charge is 2.06. The van der Waals surface area contributed by atoms with Crippen molar-refractivity contribution in [1.29, 1.82) is 0 Å². The fourth-order valence-electron chi connectivity index (χ4n) is 1.84. The van der Waals surface area contributed by atoms with Crippen LogP contribution in [-0.4, -0.2) is 20.3 Å². The molecule has 0 unspecified atom stereocenters. The van der Waals surface area contributed by atoms with Gasteiger partial charge in [0.25, 0.3) is 5.91 Å². The molecular formula is C14H12N4O. The topological polar surface area (TPSA) is 59.3 Å². The normalized spacial score (nSPS) is 10.5. The van der Waals surface area contributed by atoms with Gasteiger partial charge in [0.2, 0.25) is 0 Å². The van der Waals surface area contributed by atoms with Gasteiger partial charge < -0.3 is 9.72 Å². The van der Waals surface area contributed by atoms with Gasteiger partial charge in [0.1, 0.15) is 0 Å². The van der Waals surface area contributed by atoms with Crippen LogP contribution in [0.3, 0.4) is 0 Å². The number of aromatic nitrogens is 3. The highest BCUT2D eigenvalue weighted by molar-refractivity contribution is 5.95. The van der Waals surface area contributed by atoms with Crippen LogP contribution >= 0.6 is 0 Å². The molecule has 3 aromatic rings. The van der Waals surface area contributed by atoms with E-state index in [-0.39, 0.29) is 5.91 Å². The van der Waals surface area contributed by atoms with Crippen molar-refractivity contribution in [3.05, 3.63) is 66.5 Å². The Morgan fingerprint density at radius 1 is 1.32 bits per heavy atom. The zero-order valence-electron chi connectivity index (χ0n) is 10.2. The zero-order chi connectivity index (χ0) is 13.1. The molecule has 0 fully saturated rings. The van der Waals surface area contributed by atoms with E-state index in [1.54, 1.807) is 30.9 Å². The third kappa shape index (κ3) is 2.44. The highest BCUT2D eigenvalue weighted by atomic mass is 16.1. The van der Waals surface area contributed by atoms with Gasteiger partial charge in [-0.3, -0.25) is 9.78 Å². The summed E-state index contributed by atoms with van der Waals surface area (Å²) in [7, 11) is 0. The van der Waals surface area contributed by atoms with E-state index in [2.05, 4.69) is 15.3 Å². The Balaban J connectivity index is 1.73. The summed E-state index contributed by atoms with van der Waals surface area (Å²) in [6, 6.07) is 9.19. The summed E-state index contributed by atoms with van der Waals surface area (Å²) in [6.07, 6.45) is 6.94. The van der Waals surface area contributed by atoms with Crippen molar-refractivity contribution in [2.45, 2.75) is 6.54 Å². The number of hydrogen-bond acceptors (Lipinski definition) is 3. The summed E-state index contributed by atoms with van der Waals surface area (Å²) in [5, 5.41) is 2.84. The van der Waals surface area contributed by atoms with Crippen LogP contribution in [0.25, 0.3) is 5.52 Å². The molecule has 0 saturated carbocycles. The van der Waals surface area contributed by atoms with Crippen LogP contribution in [0.15, 0.2) is 55.2 Å². The third-order valence-corrected chi connectivity index (χ3v) is 2.83. The molecule has 3 heterocycles. The summed E-state index contributed by atoms with van der Waals surface area (Å²) in [5.74, 6) is -0.116. The van der Waals surface area contributed by atoms with Crippen LogP contribution in [0.2, 0.25) is 0 Å². The number of pyridine rings is 2. The summed E-state index contributed by atoms with van der Waals surface area (Å²) in [5.41, 5.74) is 2.34. The van der Waals surface area contributed by atoms with Gasteiger partial charge in [-0.15, -0.1) is 0 Å². The second-order valence-electron chi connectivity index (χ2n) is 4.14. The van der Waals surface area contributed by atoms with E-state index in [4.69, 9.17) is 0 Å². The number of nitrogens with zero attached hydrogens (tertiary/aromatic N) is 3. The molecule has 0 aromatic carbocycles. The van der Waals surface area contributed by atoms with E-state index in [0.717, 1.165) is 11.2 Å². The lowest BCUT2D eigenvalue weighted by molar-refractivity contribution is 0.0950. The van der Waals surface area contributed by atoms with Crippen LogP contribution in [0.4, 0.5) is 0 Å². The largest absolute Gasteiger partial charge is 0.346 e. The fourth-order valence-corrected chi connectivity index (χ4v) is 1.84. The Morgan fingerprint density at radius 2 is 2.26 bits per heavy atom. The zero-order valence-corrected chi connectivity index (χ0v) is 10.2. The molecule has 1 amide bonds. The maximum absolute atomic E-state index is 12.0. The van der Waals surface area contributed by atoms with Crippen LogP contribution < -0.4 is 5.32 Å². The quantitative estimate of drug-likeness (QED) is 0.771. The fraction of sp³-hybridized carbons (Fsp3) is 0.0714. The van der Waals surface area contributed by atoms with Crippen molar-refractivity contribution in [3.63, 3.8) is 0 Å². The predicted molar refractivity (Wildman–Crippen MR) is 70.6 cm³/mol. The van der Waals surface area contributed by atoms with Crippen molar-refractivity contribution in [2.75, 3.05) is 0 Å². The van der Waals surface area contributed by atoms with Gasteiger partial charge in [-0.05, 0) is 24.3 Å². The van der Waals surface area contributed by atoms with Crippen molar-refractivity contribution >= 4 is 11.4 Å². The first-order valence-electron chi connectivity index (χ1n) is 5.93. The Kier molecular flexibility index (Phi) is 2.94. The lowest BCUT2D eigenvalue weighted by Crippen LogP contribution is -2.23. The standard InChI is InChI=1S/C14H12N4O/c19-14(17-8-12-3-1-2-5-16-12)11-4-6-18-10-15-9-13(18)7-11/h1-7,9-10H,8H2,(H,17,19). The Hall–Kier alpha value is -2.69. The van der Waals surface area contributed by atoms with Crippen LogP contribution in [-0.2, 0) is 6.54 Å². The summed E-state index contributed by atoms with van der Waals surface area (Å²) in [6.45, 7) is 0.421. The molecule has 0 aliphatic carbocycles. The maximum Gasteiger partial charge on any atom is 0.251 e. The summed E-state index contributed by atoms with van der Waals surface area (Å²) in [4.78, 5) is 20.2. The second kappa shape index (κ2) is 4.89. The molecule has 0 aliphatic heterocycles. The molecule has 0 atom stereocenters. The Morgan fingerprint density at radius 3 is 3.11 bits per heavy atom. The maximum atomic E-state index is 12.0. The first-order chi connectivity index (χ1) is 9.33. The predicted octanol–water partition coefficient (Wildman–Crippen LogP) is 1.66.